The van der Waals surface area contributed by atoms with Gasteiger partial charge in [-0.3, -0.25) is 4.79 Å². The van der Waals surface area contributed by atoms with Crippen LogP contribution in [0.3, 0.4) is 0 Å². The Kier molecular flexibility index (Phi) is 3.71. The maximum absolute atomic E-state index is 12.6. The van der Waals surface area contributed by atoms with Gasteiger partial charge in [-0.05, 0) is 46.3 Å². The SMILES string of the molecule is O=C(c1ccc(Br)c(Cl)c1)c1c[nH]c2cccc(Br)c12. The number of hydrogen-bond acceptors (Lipinski definition) is 1. The van der Waals surface area contributed by atoms with Crippen LogP contribution >= 0.6 is 43.5 Å². The molecular weight excluding hydrogens is 405 g/mol. The van der Waals surface area contributed by atoms with E-state index in [1.165, 1.54) is 0 Å². The van der Waals surface area contributed by atoms with Crippen molar-refractivity contribution in [3.8, 4) is 0 Å². The van der Waals surface area contributed by atoms with Gasteiger partial charge in [-0.1, -0.05) is 33.6 Å². The Hall–Kier alpha value is -1.10. The molecule has 0 saturated heterocycles. The van der Waals surface area contributed by atoms with Crippen molar-refractivity contribution in [1.82, 2.24) is 4.98 Å². The average molecular weight is 413 g/mol. The minimum absolute atomic E-state index is 0.0578. The van der Waals surface area contributed by atoms with E-state index in [1.807, 2.05) is 18.2 Å². The molecule has 0 amide bonds. The summed E-state index contributed by atoms with van der Waals surface area (Å²) in [4.78, 5) is 15.7. The first-order valence-electron chi connectivity index (χ1n) is 5.83. The maximum atomic E-state index is 12.6. The number of nitrogens with one attached hydrogen (secondary N) is 1. The molecule has 0 fully saturated rings. The van der Waals surface area contributed by atoms with Crippen LogP contribution in [0.5, 0.6) is 0 Å². The minimum Gasteiger partial charge on any atom is -0.360 e. The summed E-state index contributed by atoms with van der Waals surface area (Å²) in [5.41, 5.74) is 2.12. The Morgan fingerprint density at radius 2 is 1.90 bits per heavy atom. The lowest BCUT2D eigenvalue weighted by atomic mass is 10.0. The zero-order valence-corrected chi connectivity index (χ0v) is 14.0. The van der Waals surface area contributed by atoms with Crippen LogP contribution in [-0.2, 0) is 0 Å². The lowest BCUT2D eigenvalue weighted by Crippen LogP contribution is -2.00. The number of aromatic amines is 1. The molecule has 2 nitrogen and oxygen atoms in total. The van der Waals surface area contributed by atoms with E-state index < -0.39 is 0 Å². The molecular formula is C15H8Br2ClNO. The first-order valence-corrected chi connectivity index (χ1v) is 7.79. The number of carbonyl (C=O) groups excluding carboxylic acids is 1. The van der Waals surface area contributed by atoms with Gasteiger partial charge in [0.25, 0.3) is 0 Å². The molecule has 0 saturated carbocycles. The number of H-pyrrole nitrogens is 1. The predicted octanol–water partition coefficient (Wildman–Crippen LogP) is 5.58. The lowest BCUT2D eigenvalue weighted by Gasteiger charge is -2.03. The number of benzene rings is 2. The van der Waals surface area contributed by atoms with Crippen molar-refractivity contribution in [2.24, 2.45) is 0 Å². The van der Waals surface area contributed by atoms with Crippen LogP contribution in [-0.4, -0.2) is 10.8 Å². The van der Waals surface area contributed by atoms with Crippen LogP contribution in [0.1, 0.15) is 15.9 Å². The third-order valence-electron chi connectivity index (χ3n) is 3.08. The molecule has 1 N–H and O–H groups in total. The first-order chi connectivity index (χ1) is 9.58. The van der Waals surface area contributed by atoms with Crippen molar-refractivity contribution in [3.63, 3.8) is 0 Å². The number of ketones is 1. The lowest BCUT2D eigenvalue weighted by molar-refractivity contribution is 0.104. The van der Waals surface area contributed by atoms with E-state index in [1.54, 1.807) is 24.4 Å². The third kappa shape index (κ3) is 2.32. The number of rotatable bonds is 2. The van der Waals surface area contributed by atoms with E-state index in [0.717, 1.165) is 19.8 Å². The minimum atomic E-state index is -0.0578. The molecule has 3 aromatic rings. The van der Waals surface area contributed by atoms with Crippen molar-refractivity contribution >= 4 is 60.1 Å². The molecule has 5 heteroatoms. The van der Waals surface area contributed by atoms with E-state index in [-0.39, 0.29) is 5.78 Å². The fourth-order valence-corrected chi connectivity index (χ4v) is 3.12. The van der Waals surface area contributed by atoms with Crippen molar-refractivity contribution in [1.29, 1.82) is 0 Å². The molecule has 0 spiro atoms. The Balaban J connectivity index is 2.15. The highest BCUT2D eigenvalue weighted by molar-refractivity contribution is 9.11. The van der Waals surface area contributed by atoms with Gasteiger partial charge in [-0.25, -0.2) is 0 Å². The second-order valence-corrected chi connectivity index (χ2v) is 6.44. The van der Waals surface area contributed by atoms with Crippen molar-refractivity contribution < 1.29 is 4.79 Å². The monoisotopic (exact) mass is 411 g/mol. The van der Waals surface area contributed by atoms with Gasteiger partial charge in [-0.15, -0.1) is 0 Å². The standard InChI is InChI=1S/C15H8Br2ClNO/c16-10-5-4-8(6-12(10)18)15(20)9-7-19-13-3-1-2-11(17)14(9)13/h1-7,19H. The van der Waals surface area contributed by atoms with E-state index in [4.69, 9.17) is 11.6 Å². The molecule has 3 rings (SSSR count). The molecule has 2 aromatic carbocycles. The van der Waals surface area contributed by atoms with Gasteiger partial charge in [0.05, 0.1) is 5.02 Å². The van der Waals surface area contributed by atoms with Gasteiger partial charge in [0.15, 0.2) is 5.78 Å². The number of carbonyl (C=O) groups is 1. The molecule has 0 atom stereocenters. The molecule has 0 bridgehead atoms. The van der Waals surface area contributed by atoms with Crippen LogP contribution in [0.15, 0.2) is 51.5 Å². The largest absolute Gasteiger partial charge is 0.360 e. The topological polar surface area (TPSA) is 32.9 Å². The predicted molar refractivity (Wildman–Crippen MR) is 88.6 cm³/mol. The first kappa shape index (κ1) is 13.9. The summed E-state index contributed by atoms with van der Waals surface area (Å²) >= 11 is 12.9. The summed E-state index contributed by atoms with van der Waals surface area (Å²) in [7, 11) is 0. The molecule has 1 heterocycles. The van der Waals surface area contributed by atoms with Crippen LogP contribution < -0.4 is 0 Å². The third-order valence-corrected chi connectivity index (χ3v) is 4.97. The van der Waals surface area contributed by atoms with Gasteiger partial charge in [-0.2, -0.15) is 0 Å². The highest BCUT2D eigenvalue weighted by atomic mass is 79.9. The van der Waals surface area contributed by atoms with E-state index >= 15 is 0 Å². The second kappa shape index (κ2) is 5.35. The molecule has 0 radical (unpaired) electrons. The summed E-state index contributed by atoms with van der Waals surface area (Å²) in [6.45, 7) is 0. The van der Waals surface area contributed by atoms with Gasteiger partial charge in [0.2, 0.25) is 0 Å². The van der Waals surface area contributed by atoms with Crippen LogP contribution in [0.25, 0.3) is 10.9 Å². The fraction of sp³-hybridized carbons (Fsp3) is 0. The smallest absolute Gasteiger partial charge is 0.195 e. The normalized spacial score (nSPS) is 10.9. The Morgan fingerprint density at radius 1 is 1.10 bits per heavy atom. The van der Waals surface area contributed by atoms with Crippen molar-refractivity contribution in [2.45, 2.75) is 0 Å². The molecule has 0 aliphatic rings. The Bertz CT molecular complexity index is 826. The highest BCUT2D eigenvalue weighted by Gasteiger charge is 2.16. The van der Waals surface area contributed by atoms with Gasteiger partial charge in [0.1, 0.15) is 0 Å². The fourth-order valence-electron chi connectivity index (χ4n) is 2.11. The number of halogens is 3. The molecule has 1 aromatic heterocycles. The Morgan fingerprint density at radius 3 is 2.65 bits per heavy atom. The molecule has 0 aliphatic carbocycles. The van der Waals surface area contributed by atoms with Crippen molar-refractivity contribution in [2.75, 3.05) is 0 Å². The summed E-state index contributed by atoms with van der Waals surface area (Å²) in [5.74, 6) is -0.0578. The number of hydrogen-bond donors (Lipinski definition) is 1. The summed E-state index contributed by atoms with van der Waals surface area (Å²) in [6.07, 6.45) is 1.73. The van der Waals surface area contributed by atoms with Crippen LogP contribution in [0.4, 0.5) is 0 Å². The maximum Gasteiger partial charge on any atom is 0.195 e. The van der Waals surface area contributed by atoms with Crippen LogP contribution in [0, 0.1) is 0 Å². The average Bonchev–Trinajstić information content (AvgIpc) is 2.86. The molecule has 0 aliphatic heterocycles. The van der Waals surface area contributed by atoms with E-state index in [9.17, 15) is 4.79 Å². The van der Waals surface area contributed by atoms with E-state index in [0.29, 0.717) is 16.1 Å². The molecule has 20 heavy (non-hydrogen) atoms. The number of fused-ring (bicyclic) bond motifs is 1. The quantitative estimate of drug-likeness (QED) is 0.547. The summed E-state index contributed by atoms with van der Waals surface area (Å²) in [5, 5.41) is 1.41. The van der Waals surface area contributed by atoms with Crippen molar-refractivity contribution in [3.05, 3.63) is 67.7 Å². The van der Waals surface area contributed by atoms with Gasteiger partial charge < -0.3 is 4.98 Å². The second-order valence-electron chi connectivity index (χ2n) is 4.32. The zero-order chi connectivity index (χ0) is 14.3. The summed E-state index contributed by atoms with van der Waals surface area (Å²) in [6, 6.07) is 11.0. The van der Waals surface area contributed by atoms with E-state index in [2.05, 4.69) is 36.8 Å². The Labute approximate surface area is 137 Å². The van der Waals surface area contributed by atoms with Gasteiger partial charge >= 0.3 is 0 Å². The summed E-state index contributed by atoms with van der Waals surface area (Å²) < 4.78 is 1.67. The molecule has 100 valence electrons. The highest BCUT2D eigenvalue weighted by Crippen LogP contribution is 2.30. The van der Waals surface area contributed by atoms with Gasteiger partial charge in [0, 0.05) is 37.2 Å². The molecule has 0 unspecified atom stereocenters. The van der Waals surface area contributed by atoms with Crippen LogP contribution in [0.2, 0.25) is 5.02 Å². The number of aromatic nitrogens is 1. The zero-order valence-electron chi connectivity index (χ0n) is 10.1.